The molecule has 2 aliphatic rings. The second-order valence-electron chi connectivity index (χ2n) is 6.47. The lowest BCUT2D eigenvalue weighted by atomic mass is 9.89. The van der Waals surface area contributed by atoms with Gasteiger partial charge in [0.15, 0.2) is 0 Å². The molecular formula is C19H19NO2. The molecule has 4 rings (SSSR count). The quantitative estimate of drug-likeness (QED) is 0.940. The van der Waals surface area contributed by atoms with Crippen molar-refractivity contribution in [1.82, 2.24) is 4.90 Å². The van der Waals surface area contributed by atoms with Crippen LogP contribution in [0.4, 0.5) is 0 Å². The lowest BCUT2D eigenvalue weighted by Crippen LogP contribution is -2.32. The molecule has 1 saturated heterocycles. The first kappa shape index (κ1) is 13.5. The Balaban J connectivity index is 1.69. The number of aliphatic carboxylic acids is 1. The number of hydrogen-bond acceptors (Lipinski definition) is 2. The fourth-order valence-corrected chi connectivity index (χ4v) is 4.12. The van der Waals surface area contributed by atoms with Crippen LogP contribution in [0.2, 0.25) is 0 Å². The number of hydrogen-bond donors (Lipinski definition) is 1. The Morgan fingerprint density at radius 1 is 1.09 bits per heavy atom. The molecule has 2 aromatic carbocycles. The van der Waals surface area contributed by atoms with E-state index in [-0.39, 0.29) is 6.04 Å². The molecular weight excluding hydrogens is 274 g/mol. The summed E-state index contributed by atoms with van der Waals surface area (Å²) in [6.07, 6.45) is 0.813. The van der Waals surface area contributed by atoms with Gasteiger partial charge < -0.3 is 5.11 Å². The predicted molar refractivity (Wildman–Crippen MR) is 84.2 cm³/mol. The van der Waals surface area contributed by atoms with Gasteiger partial charge >= 0.3 is 5.97 Å². The lowest BCUT2D eigenvalue weighted by molar-refractivity contribution is -0.145. The maximum absolute atomic E-state index is 11.9. The van der Waals surface area contributed by atoms with Crippen LogP contribution in [0.25, 0.3) is 0 Å². The molecule has 2 fully saturated rings. The van der Waals surface area contributed by atoms with Gasteiger partial charge in [0.05, 0.1) is 11.5 Å². The molecule has 1 aliphatic heterocycles. The van der Waals surface area contributed by atoms with E-state index in [9.17, 15) is 9.90 Å². The Morgan fingerprint density at radius 2 is 1.73 bits per heavy atom. The van der Waals surface area contributed by atoms with Crippen molar-refractivity contribution in [2.45, 2.75) is 19.0 Å². The Labute approximate surface area is 130 Å². The van der Waals surface area contributed by atoms with Gasteiger partial charge in [-0.25, -0.2) is 0 Å². The number of nitrogens with zero attached hydrogens (tertiary/aromatic N) is 1. The average Bonchev–Trinajstić information content (AvgIpc) is 3.16. The van der Waals surface area contributed by atoms with E-state index in [1.807, 2.05) is 36.4 Å². The summed E-state index contributed by atoms with van der Waals surface area (Å²) in [6.45, 7) is 1.69. The van der Waals surface area contributed by atoms with Crippen molar-refractivity contribution < 1.29 is 9.90 Å². The van der Waals surface area contributed by atoms with Gasteiger partial charge in [-0.05, 0) is 23.5 Å². The van der Waals surface area contributed by atoms with Crippen molar-refractivity contribution >= 4 is 5.97 Å². The summed E-state index contributed by atoms with van der Waals surface area (Å²) in [5.74, 6) is -0.346. The van der Waals surface area contributed by atoms with Crippen molar-refractivity contribution in [3.05, 3.63) is 71.8 Å². The van der Waals surface area contributed by atoms with Crippen molar-refractivity contribution in [2.75, 3.05) is 6.54 Å². The van der Waals surface area contributed by atoms with Crippen LogP contribution in [0.15, 0.2) is 60.7 Å². The van der Waals surface area contributed by atoms with Crippen molar-refractivity contribution in [1.29, 1.82) is 0 Å². The first-order valence-electron chi connectivity index (χ1n) is 7.78. The Bertz CT molecular complexity index is 685. The van der Waals surface area contributed by atoms with Crippen LogP contribution in [0, 0.1) is 11.3 Å². The topological polar surface area (TPSA) is 40.5 Å². The van der Waals surface area contributed by atoms with E-state index >= 15 is 0 Å². The summed E-state index contributed by atoms with van der Waals surface area (Å²) in [6, 6.07) is 20.4. The smallest absolute Gasteiger partial charge is 0.311 e. The van der Waals surface area contributed by atoms with Crippen molar-refractivity contribution in [3.63, 3.8) is 0 Å². The minimum atomic E-state index is -0.637. The summed E-state index contributed by atoms with van der Waals surface area (Å²) in [5, 5.41) is 9.80. The molecule has 3 nitrogen and oxygen atoms in total. The number of carbonyl (C=O) groups is 1. The van der Waals surface area contributed by atoms with Gasteiger partial charge in [0, 0.05) is 13.1 Å². The monoisotopic (exact) mass is 293 g/mol. The number of likely N-dealkylation sites (tertiary alicyclic amines) is 1. The fourth-order valence-electron chi connectivity index (χ4n) is 4.12. The third-order valence-corrected chi connectivity index (χ3v) is 5.20. The minimum absolute atomic E-state index is 0.0172. The van der Waals surface area contributed by atoms with Gasteiger partial charge in [-0.15, -0.1) is 0 Å². The molecule has 22 heavy (non-hydrogen) atoms. The standard InChI is InChI=1S/C19H19NO2/c21-18(22)19-11-16(19)13-20(12-14-7-3-1-4-8-14)17(19)15-9-5-2-6-10-15/h1-10,16-17H,11-13H2,(H,21,22)/t16?,17-,19-/m1/s1. The van der Waals surface area contributed by atoms with Gasteiger partial charge in [-0.1, -0.05) is 60.7 Å². The van der Waals surface area contributed by atoms with Gasteiger partial charge in [0.1, 0.15) is 0 Å². The SMILES string of the molecule is O=C(O)[C@]12CC1CN(Cc1ccccc1)[C@@H]2c1ccccc1. The Morgan fingerprint density at radius 3 is 2.36 bits per heavy atom. The summed E-state index contributed by atoms with van der Waals surface area (Å²) < 4.78 is 0. The maximum Gasteiger partial charge on any atom is 0.311 e. The van der Waals surface area contributed by atoms with Crippen LogP contribution < -0.4 is 0 Å². The van der Waals surface area contributed by atoms with E-state index in [0.29, 0.717) is 5.92 Å². The Kier molecular flexibility index (Phi) is 3.05. The Hall–Kier alpha value is -2.13. The van der Waals surface area contributed by atoms with Crippen LogP contribution in [0.5, 0.6) is 0 Å². The summed E-state index contributed by atoms with van der Waals surface area (Å²) in [5.41, 5.74) is 1.79. The molecule has 1 heterocycles. The van der Waals surface area contributed by atoms with Gasteiger partial charge in [-0.2, -0.15) is 0 Å². The molecule has 1 N–H and O–H groups in total. The fraction of sp³-hybridized carbons (Fsp3) is 0.316. The normalized spacial score (nSPS) is 30.0. The number of benzene rings is 2. The summed E-state index contributed by atoms with van der Waals surface area (Å²) >= 11 is 0. The number of piperidine rings is 1. The van der Waals surface area contributed by atoms with Gasteiger partial charge in [-0.3, -0.25) is 9.69 Å². The number of fused-ring (bicyclic) bond motifs is 1. The highest BCUT2D eigenvalue weighted by Crippen LogP contribution is 2.67. The predicted octanol–water partition coefficient (Wildman–Crippen LogP) is 3.33. The molecule has 3 heteroatoms. The minimum Gasteiger partial charge on any atom is -0.481 e. The zero-order valence-electron chi connectivity index (χ0n) is 12.4. The molecule has 0 radical (unpaired) electrons. The third-order valence-electron chi connectivity index (χ3n) is 5.20. The largest absolute Gasteiger partial charge is 0.481 e. The van der Waals surface area contributed by atoms with Crippen LogP contribution in [0.1, 0.15) is 23.6 Å². The molecule has 2 aromatic rings. The molecule has 0 amide bonds. The summed E-state index contributed by atoms with van der Waals surface area (Å²) in [7, 11) is 0. The van der Waals surface area contributed by atoms with Crippen LogP contribution in [0.3, 0.4) is 0 Å². The van der Waals surface area contributed by atoms with E-state index < -0.39 is 11.4 Å². The third kappa shape index (κ3) is 1.97. The number of rotatable bonds is 4. The molecule has 0 spiro atoms. The zero-order valence-corrected chi connectivity index (χ0v) is 12.4. The molecule has 1 unspecified atom stereocenters. The van der Waals surface area contributed by atoms with E-state index in [4.69, 9.17) is 0 Å². The van der Waals surface area contributed by atoms with E-state index in [1.54, 1.807) is 0 Å². The van der Waals surface area contributed by atoms with Crippen molar-refractivity contribution in [3.8, 4) is 0 Å². The number of carboxylic acid groups (broad SMARTS) is 1. The average molecular weight is 293 g/mol. The van der Waals surface area contributed by atoms with Crippen LogP contribution >= 0.6 is 0 Å². The summed E-state index contributed by atoms with van der Waals surface area (Å²) in [4.78, 5) is 14.3. The molecule has 0 bridgehead atoms. The lowest BCUT2D eigenvalue weighted by Gasteiger charge is -2.31. The maximum atomic E-state index is 11.9. The first-order chi connectivity index (χ1) is 10.7. The van der Waals surface area contributed by atoms with Gasteiger partial charge in [0.2, 0.25) is 0 Å². The van der Waals surface area contributed by atoms with Crippen LogP contribution in [-0.2, 0) is 11.3 Å². The zero-order chi connectivity index (χ0) is 15.2. The molecule has 112 valence electrons. The van der Waals surface area contributed by atoms with E-state index in [2.05, 4.69) is 29.2 Å². The second kappa shape index (κ2) is 4.96. The highest BCUT2D eigenvalue weighted by Gasteiger charge is 2.71. The van der Waals surface area contributed by atoms with Crippen molar-refractivity contribution in [2.24, 2.45) is 11.3 Å². The molecule has 0 aromatic heterocycles. The van der Waals surface area contributed by atoms with E-state index in [0.717, 1.165) is 25.1 Å². The second-order valence-corrected chi connectivity index (χ2v) is 6.47. The molecule has 1 aliphatic carbocycles. The molecule has 3 atom stereocenters. The number of carboxylic acids is 1. The van der Waals surface area contributed by atoms with Gasteiger partial charge in [0.25, 0.3) is 0 Å². The highest BCUT2D eigenvalue weighted by atomic mass is 16.4. The van der Waals surface area contributed by atoms with E-state index in [1.165, 1.54) is 5.56 Å². The highest BCUT2D eigenvalue weighted by molar-refractivity contribution is 5.81. The van der Waals surface area contributed by atoms with Crippen LogP contribution in [-0.4, -0.2) is 22.5 Å². The first-order valence-corrected chi connectivity index (χ1v) is 7.78. The molecule has 1 saturated carbocycles.